The molecule has 1 aliphatic rings. The Morgan fingerprint density at radius 3 is 2.81 bits per heavy atom. The van der Waals surface area contributed by atoms with E-state index in [0.29, 0.717) is 40.4 Å². The number of nitrogen functional groups attached to an aromatic ring is 1. The normalized spacial score (nSPS) is 17.1. The molecular formula is C16H15BrN6O3. The molecule has 1 aliphatic heterocycles. The fourth-order valence-electron chi connectivity index (χ4n) is 3.14. The fourth-order valence-corrected chi connectivity index (χ4v) is 3.45. The minimum absolute atomic E-state index is 0.255. The summed E-state index contributed by atoms with van der Waals surface area (Å²) in [4.78, 5) is 30.2. The van der Waals surface area contributed by atoms with Crippen LogP contribution in [-0.2, 0) is 4.79 Å². The summed E-state index contributed by atoms with van der Waals surface area (Å²) < 4.78 is 7.44. The molecule has 1 saturated heterocycles. The van der Waals surface area contributed by atoms with Crippen LogP contribution in [-0.4, -0.2) is 43.9 Å². The lowest BCUT2D eigenvalue weighted by Gasteiger charge is -2.22. The second-order valence-electron chi connectivity index (χ2n) is 6.04. The van der Waals surface area contributed by atoms with Crippen LogP contribution < -0.4 is 11.5 Å². The SMILES string of the molecule is NC(=O)C1CCCN1C(=O)c1cc(N)n2nc(-c3ccc(Br)o3)nc2c1. The van der Waals surface area contributed by atoms with E-state index < -0.39 is 11.9 Å². The average molecular weight is 419 g/mol. The number of hydrogen-bond donors (Lipinski definition) is 2. The van der Waals surface area contributed by atoms with E-state index in [2.05, 4.69) is 26.0 Å². The van der Waals surface area contributed by atoms with Crippen LogP contribution in [0.2, 0.25) is 0 Å². The molecule has 10 heteroatoms. The molecule has 2 amide bonds. The Morgan fingerprint density at radius 1 is 1.31 bits per heavy atom. The maximum absolute atomic E-state index is 12.8. The van der Waals surface area contributed by atoms with E-state index in [1.807, 2.05) is 0 Å². The molecule has 4 rings (SSSR count). The van der Waals surface area contributed by atoms with E-state index in [-0.39, 0.29) is 11.7 Å². The first-order valence-electron chi connectivity index (χ1n) is 7.96. The zero-order valence-electron chi connectivity index (χ0n) is 13.6. The molecule has 9 nitrogen and oxygen atoms in total. The topological polar surface area (TPSA) is 133 Å². The predicted octanol–water partition coefficient (Wildman–Crippen LogP) is 1.42. The Kier molecular flexibility index (Phi) is 3.91. The standard InChI is InChI=1S/C16H15BrN6O3/c17-11-4-3-10(26-11)15-20-13-7-8(6-12(18)23(13)21-15)16(25)22-5-1-2-9(22)14(19)24/h3-4,6-7,9H,1-2,5,18H2,(H2,19,24). The van der Waals surface area contributed by atoms with Gasteiger partial charge < -0.3 is 20.8 Å². The van der Waals surface area contributed by atoms with Crippen molar-refractivity contribution in [3.8, 4) is 11.6 Å². The van der Waals surface area contributed by atoms with Gasteiger partial charge in [-0.2, -0.15) is 4.52 Å². The van der Waals surface area contributed by atoms with Crippen molar-refractivity contribution in [3.63, 3.8) is 0 Å². The first-order valence-corrected chi connectivity index (χ1v) is 8.75. The van der Waals surface area contributed by atoms with Crippen LogP contribution in [0, 0.1) is 0 Å². The quantitative estimate of drug-likeness (QED) is 0.660. The van der Waals surface area contributed by atoms with Crippen molar-refractivity contribution >= 4 is 39.2 Å². The van der Waals surface area contributed by atoms with Gasteiger partial charge >= 0.3 is 0 Å². The molecular weight excluding hydrogens is 404 g/mol. The van der Waals surface area contributed by atoms with Crippen LogP contribution in [0.25, 0.3) is 17.2 Å². The number of anilines is 1. The summed E-state index contributed by atoms with van der Waals surface area (Å²) in [5.41, 5.74) is 12.2. The number of amides is 2. The third kappa shape index (κ3) is 2.71. The minimum Gasteiger partial charge on any atom is -0.446 e. The van der Waals surface area contributed by atoms with Gasteiger partial charge in [0, 0.05) is 12.1 Å². The number of nitrogens with two attached hydrogens (primary N) is 2. The highest BCUT2D eigenvalue weighted by molar-refractivity contribution is 9.10. The molecule has 4 N–H and O–H groups in total. The lowest BCUT2D eigenvalue weighted by Crippen LogP contribution is -2.43. The maximum Gasteiger partial charge on any atom is 0.254 e. The molecule has 1 fully saturated rings. The van der Waals surface area contributed by atoms with Crippen molar-refractivity contribution in [1.82, 2.24) is 19.5 Å². The summed E-state index contributed by atoms with van der Waals surface area (Å²) in [6.07, 6.45) is 1.31. The van der Waals surface area contributed by atoms with E-state index in [4.69, 9.17) is 15.9 Å². The summed E-state index contributed by atoms with van der Waals surface area (Å²) in [5.74, 6) is 0.276. The van der Waals surface area contributed by atoms with E-state index in [1.165, 1.54) is 15.5 Å². The number of hydrogen-bond acceptors (Lipinski definition) is 6. The summed E-state index contributed by atoms with van der Waals surface area (Å²) in [6.45, 7) is 0.482. The number of primary amides is 1. The smallest absolute Gasteiger partial charge is 0.254 e. The first kappa shape index (κ1) is 16.6. The number of aromatic nitrogens is 3. The van der Waals surface area contributed by atoms with Gasteiger partial charge in [0.05, 0.1) is 0 Å². The number of likely N-dealkylation sites (tertiary alicyclic amines) is 1. The Bertz CT molecular complexity index is 1030. The third-order valence-corrected chi connectivity index (χ3v) is 4.77. The van der Waals surface area contributed by atoms with Crippen molar-refractivity contribution in [2.45, 2.75) is 18.9 Å². The molecule has 134 valence electrons. The van der Waals surface area contributed by atoms with Crippen molar-refractivity contribution < 1.29 is 14.0 Å². The number of carbonyl (C=O) groups is 2. The zero-order valence-corrected chi connectivity index (χ0v) is 15.1. The Balaban J connectivity index is 1.72. The largest absolute Gasteiger partial charge is 0.446 e. The van der Waals surface area contributed by atoms with Crippen molar-refractivity contribution in [3.05, 3.63) is 34.5 Å². The summed E-state index contributed by atoms with van der Waals surface area (Å²) in [6, 6.07) is 5.97. The van der Waals surface area contributed by atoms with Gasteiger partial charge in [-0.3, -0.25) is 9.59 Å². The highest BCUT2D eigenvalue weighted by atomic mass is 79.9. The van der Waals surface area contributed by atoms with Gasteiger partial charge in [0.1, 0.15) is 11.9 Å². The highest BCUT2D eigenvalue weighted by Gasteiger charge is 2.33. The molecule has 0 saturated carbocycles. The Labute approximate surface area is 156 Å². The lowest BCUT2D eigenvalue weighted by atomic mass is 10.2. The number of pyridine rings is 1. The molecule has 3 aromatic heterocycles. The lowest BCUT2D eigenvalue weighted by molar-refractivity contribution is -0.121. The number of nitrogens with zero attached hydrogens (tertiary/aromatic N) is 4. The van der Waals surface area contributed by atoms with E-state index in [0.717, 1.165) is 6.42 Å². The first-order chi connectivity index (χ1) is 12.4. The number of fused-ring (bicyclic) bond motifs is 1. The molecule has 1 unspecified atom stereocenters. The molecule has 26 heavy (non-hydrogen) atoms. The average Bonchev–Trinajstić information content (AvgIpc) is 3.32. The van der Waals surface area contributed by atoms with Crippen LogP contribution >= 0.6 is 15.9 Å². The van der Waals surface area contributed by atoms with Gasteiger partial charge in [-0.1, -0.05) is 0 Å². The second kappa shape index (κ2) is 6.13. The Hall–Kier alpha value is -2.88. The van der Waals surface area contributed by atoms with Gasteiger partial charge in [0.25, 0.3) is 5.91 Å². The summed E-state index contributed by atoms with van der Waals surface area (Å²) in [5, 5.41) is 4.30. The van der Waals surface area contributed by atoms with E-state index in [1.54, 1.807) is 18.2 Å². The van der Waals surface area contributed by atoms with Crippen LogP contribution in [0.15, 0.2) is 33.4 Å². The molecule has 4 heterocycles. The van der Waals surface area contributed by atoms with E-state index in [9.17, 15) is 9.59 Å². The zero-order chi connectivity index (χ0) is 18.4. The van der Waals surface area contributed by atoms with E-state index >= 15 is 0 Å². The number of halogens is 1. The number of rotatable bonds is 3. The summed E-state index contributed by atoms with van der Waals surface area (Å²) >= 11 is 3.23. The minimum atomic E-state index is -0.589. The molecule has 0 aromatic carbocycles. The van der Waals surface area contributed by atoms with Crippen molar-refractivity contribution in [2.24, 2.45) is 5.73 Å². The predicted molar refractivity (Wildman–Crippen MR) is 96.1 cm³/mol. The van der Waals surface area contributed by atoms with Crippen LogP contribution in [0.4, 0.5) is 5.82 Å². The molecule has 0 radical (unpaired) electrons. The van der Waals surface area contributed by atoms with Crippen LogP contribution in [0.1, 0.15) is 23.2 Å². The second-order valence-corrected chi connectivity index (χ2v) is 6.82. The molecule has 3 aromatic rings. The van der Waals surface area contributed by atoms with Gasteiger partial charge in [0.2, 0.25) is 11.7 Å². The molecule has 0 spiro atoms. The van der Waals surface area contributed by atoms with Crippen molar-refractivity contribution in [1.29, 1.82) is 0 Å². The molecule has 0 aliphatic carbocycles. The van der Waals surface area contributed by atoms with Crippen molar-refractivity contribution in [2.75, 3.05) is 12.3 Å². The summed E-state index contributed by atoms with van der Waals surface area (Å²) in [7, 11) is 0. The van der Waals surface area contributed by atoms with Gasteiger partial charge in [-0.25, -0.2) is 4.98 Å². The third-order valence-electron chi connectivity index (χ3n) is 4.35. The molecule has 1 atom stereocenters. The fraction of sp³-hybridized carbons (Fsp3) is 0.250. The van der Waals surface area contributed by atoms with Gasteiger partial charge in [0.15, 0.2) is 16.1 Å². The Morgan fingerprint density at radius 2 is 2.12 bits per heavy atom. The monoisotopic (exact) mass is 418 g/mol. The maximum atomic E-state index is 12.8. The molecule has 0 bridgehead atoms. The van der Waals surface area contributed by atoms with Gasteiger partial charge in [-0.05, 0) is 53.0 Å². The number of carbonyl (C=O) groups excluding carboxylic acids is 2. The van der Waals surface area contributed by atoms with Gasteiger partial charge in [-0.15, -0.1) is 5.10 Å². The van der Waals surface area contributed by atoms with Crippen LogP contribution in [0.3, 0.4) is 0 Å². The number of furan rings is 1. The van der Waals surface area contributed by atoms with Crippen LogP contribution in [0.5, 0.6) is 0 Å². The highest BCUT2D eigenvalue weighted by Crippen LogP contribution is 2.25.